The molecular weight excluding hydrogens is 331 g/mol. The number of benzene rings is 3. The maximum absolute atomic E-state index is 15.1. The third-order valence-electron chi connectivity index (χ3n) is 5.19. The Hall–Kier alpha value is -2.41. The number of rotatable bonds is 8. The van der Waals surface area contributed by atoms with Crippen molar-refractivity contribution in [2.75, 3.05) is 0 Å². The van der Waals surface area contributed by atoms with Crippen LogP contribution in [0.4, 0.5) is 4.39 Å². The third-order valence-corrected chi connectivity index (χ3v) is 5.19. The number of halogens is 1. The highest BCUT2D eigenvalue weighted by Crippen LogP contribution is 2.30. The molecule has 140 valence electrons. The van der Waals surface area contributed by atoms with Gasteiger partial charge in [-0.05, 0) is 54.7 Å². The number of aryl methyl sites for hydroxylation is 2. The van der Waals surface area contributed by atoms with Gasteiger partial charge >= 0.3 is 0 Å². The first-order chi connectivity index (χ1) is 13.2. The first kappa shape index (κ1) is 19.4. The van der Waals surface area contributed by atoms with E-state index >= 15 is 4.39 Å². The van der Waals surface area contributed by atoms with Crippen LogP contribution in [0.2, 0.25) is 0 Å². The van der Waals surface area contributed by atoms with Gasteiger partial charge < -0.3 is 0 Å². The van der Waals surface area contributed by atoms with Crippen LogP contribution in [0.1, 0.15) is 50.7 Å². The molecule has 0 radical (unpaired) electrons. The number of fused-ring (bicyclic) bond motifs is 1. The van der Waals surface area contributed by atoms with E-state index in [0.717, 1.165) is 30.2 Å². The minimum Gasteiger partial charge on any atom is -0.206 e. The largest absolute Gasteiger partial charge is 0.206 e. The number of hydrogen-bond acceptors (Lipinski definition) is 0. The topological polar surface area (TPSA) is 0 Å². The lowest BCUT2D eigenvalue weighted by Crippen LogP contribution is -1.91. The predicted molar refractivity (Wildman–Crippen MR) is 116 cm³/mol. The molecule has 0 heterocycles. The molecule has 0 aliphatic rings. The molecule has 0 unspecified atom stereocenters. The summed E-state index contributed by atoms with van der Waals surface area (Å²) in [5.74, 6) is -0.116. The van der Waals surface area contributed by atoms with Gasteiger partial charge in [0, 0.05) is 10.9 Å². The molecule has 3 aromatic rings. The summed E-state index contributed by atoms with van der Waals surface area (Å²) in [6, 6.07) is 18.4. The van der Waals surface area contributed by atoms with Gasteiger partial charge in [-0.25, -0.2) is 4.39 Å². The first-order valence-corrected chi connectivity index (χ1v) is 10.1. The lowest BCUT2D eigenvalue weighted by Gasteiger charge is -2.10. The van der Waals surface area contributed by atoms with Gasteiger partial charge in [-0.2, -0.15) is 0 Å². The van der Waals surface area contributed by atoms with Gasteiger partial charge in [0.15, 0.2) is 0 Å². The van der Waals surface area contributed by atoms with Crippen molar-refractivity contribution in [2.24, 2.45) is 0 Å². The highest BCUT2D eigenvalue weighted by Gasteiger charge is 2.10. The maximum Gasteiger partial charge on any atom is 0.138 e. The van der Waals surface area contributed by atoms with Crippen LogP contribution >= 0.6 is 0 Å². The molecule has 0 bridgehead atoms. The van der Waals surface area contributed by atoms with Gasteiger partial charge in [0.1, 0.15) is 5.82 Å². The molecule has 0 spiro atoms. The average molecular weight is 361 g/mol. The Morgan fingerprint density at radius 3 is 2.37 bits per heavy atom. The molecule has 0 fully saturated rings. The van der Waals surface area contributed by atoms with Gasteiger partial charge in [-0.1, -0.05) is 86.5 Å². The van der Waals surface area contributed by atoms with Gasteiger partial charge in [0.05, 0.1) is 0 Å². The van der Waals surface area contributed by atoms with E-state index in [1.165, 1.54) is 30.4 Å². The lowest BCUT2D eigenvalue weighted by molar-refractivity contribution is 0.643. The Kier molecular flexibility index (Phi) is 6.81. The van der Waals surface area contributed by atoms with Gasteiger partial charge in [-0.15, -0.1) is 0 Å². The van der Waals surface area contributed by atoms with E-state index in [1.807, 2.05) is 31.2 Å². The molecule has 0 aliphatic heterocycles. The highest BCUT2D eigenvalue weighted by atomic mass is 19.1. The SMILES string of the molecule is C/C=C/CCc1ccc(-c2ccc3cc(CCCCC)ccc3c2F)cc1. The highest BCUT2D eigenvalue weighted by molar-refractivity contribution is 5.88. The zero-order chi connectivity index (χ0) is 19.1. The third kappa shape index (κ3) is 4.86. The van der Waals surface area contributed by atoms with Crippen molar-refractivity contribution in [1.82, 2.24) is 0 Å². The van der Waals surface area contributed by atoms with Crippen LogP contribution in [-0.2, 0) is 12.8 Å². The van der Waals surface area contributed by atoms with E-state index in [4.69, 9.17) is 0 Å². The van der Waals surface area contributed by atoms with Crippen LogP contribution in [0.25, 0.3) is 21.9 Å². The van der Waals surface area contributed by atoms with Crippen molar-refractivity contribution in [3.8, 4) is 11.1 Å². The summed E-state index contributed by atoms with van der Waals surface area (Å²) < 4.78 is 15.1. The second kappa shape index (κ2) is 9.50. The van der Waals surface area contributed by atoms with E-state index in [2.05, 4.69) is 49.4 Å². The smallest absolute Gasteiger partial charge is 0.138 e. The normalized spacial score (nSPS) is 11.5. The van der Waals surface area contributed by atoms with Crippen LogP contribution in [0.3, 0.4) is 0 Å². The fourth-order valence-corrected chi connectivity index (χ4v) is 3.57. The second-order valence-corrected chi connectivity index (χ2v) is 7.24. The molecule has 0 aliphatic carbocycles. The Morgan fingerprint density at radius 1 is 0.852 bits per heavy atom. The Bertz CT molecular complexity index is 903. The lowest BCUT2D eigenvalue weighted by atomic mass is 9.96. The molecular formula is C26H29F. The summed E-state index contributed by atoms with van der Waals surface area (Å²) in [6.07, 6.45) is 11.1. The quantitative estimate of drug-likeness (QED) is 0.283. The molecule has 0 nitrogen and oxygen atoms in total. The zero-order valence-electron chi connectivity index (χ0n) is 16.5. The number of unbranched alkanes of at least 4 members (excludes halogenated alkanes) is 2. The maximum atomic E-state index is 15.1. The second-order valence-electron chi connectivity index (χ2n) is 7.24. The molecule has 0 amide bonds. The van der Waals surface area contributed by atoms with Gasteiger partial charge in [-0.3, -0.25) is 0 Å². The standard InChI is InChI=1S/C26H29F/c1-3-5-7-9-20-11-14-22(15-12-20)24-18-16-23-19-21(10-8-6-4-2)13-17-25(23)26(24)27/h3,5,11-19H,4,6-10H2,1-2H3/b5-3+. The van der Waals surface area contributed by atoms with E-state index in [-0.39, 0.29) is 5.82 Å². The fraction of sp³-hybridized carbons (Fsp3) is 0.308. The Morgan fingerprint density at radius 2 is 1.63 bits per heavy atom. The Balaban J connectivity index is 1.82. The van der Waals surface area contributed by atoms with E-state index in [9.17, 15) is 0 Å². The molecule has 0 atom stereocenters. The van der Waals surface area contributed by atoms with Crippen LogP contribution in [0, 0.1) is 5.82 Å². The number of hydrogen-bond donors (Lipinski definition) is 0. The number of allylic oxidation sites excluding steroid dienone is 2. The minimum atomic E-state index is -0.116. The van der Waals surface area contributed by atoms with Crippen molar-refractivity contribution < 1.29 is 4.39 Å². The molecule has 3 aromatic carbocycles. The Labute approximate surface area is 162 Å². The predicted octanol–water partition coefficient (Wildman–Crippen LogP) is 7.89. The van der Waals surface area contributed by atoms with Crippen LogP contribution < -0.4 is 0 Å². The first-order valence-electron chi connectivity index (χ1n) is 10.1. The van der Waals surface area contributed by atoms with E-state index in [1.54, 1.807) is 0 Å². The summed E-state index contributed by atoms with van der Waals surface area (Å²) in [5.41, 5.74) is 4.21. The zero-order valence-corrected chi connectivity index (χ0v) is 16.5. The molecule has 1 heteroatoms. The molecule has 0 saturated heterocycles. The van der Waals surface area contributed by atoms with Crippen LogP contribution in [-0.4, -0.2) is 0 Å². The van der Waals surface area contributed by atoms with E-state index < -0.39 is 0 Å². The summed E-state index contributed by atoms with van der Waals surface area (Å²) in [7, 11) is 0. The average Bonchev–Trinajstić information content (AvgIpc) is 2.69. The fourth-order valence-electron chi connectivity index (χ4n) is 3.57. The summed E-state index contributed by atoms with van der Waals surface area (Å²) >= 11 is 0. The summed E-state index contributed by atoms with van der Waals surface area (Å²) in [4.78, 5) is 0. The molecule has 27 heavy (non-hydrogen) atoms. The summed E-state index contributed by atoms with van der Waals surface area (Å²) in [5, 5.41) is 1.71. The monoisotopic (exact) mass is 360 g/mol. The minimum absolute atomic E-state index is 0.116. The van der Waals surface area contributed by atoms with Gasteiger partial charge in [0.25, 0.3) is 0 Å². The van der Waals surface area contributed by atoms with E-state index in [0.29, 0.717) is 10.9 Å². The van der Waals surface area contributed by atoms with Crippen molar-refractivity contribution in [3.05, 3.63) is 83.7 Å². The molecule has 0 saturated carbocycles. The summed E-state index contributed by atoms with van der Waals surface area (Å²) in [6.45, 7) is 4.26. The van der Waals surface area contributed by atoms with Gasteiger partial charge in [0.2, 0.25) is 0 Å². The molecule has 3 rings (SSSR count). The van der Waals surface area contributed by atoms with Crippen molar-refractivity contribution in [1.29, 1.82) is 0 Å². The van der Waals surface area contributed by atoms with Crippen LogP contribution in [0.5, 0.6) is 0 Å². The molecule has 0 N–H and O–H groups in total. The van der Waals surface area contributed by atoms with Crippen molar-refractivity contribution in [2.45, 2.75) is 52.4 Å². The van der Waals surface area contributed by atoms with Crippen LogP contribution in [0.15, 0.2) is 66.7 Å². The van der Waals surface area contributed by atoms with Crippen molar-refractivity contribution in [3.63, 3.8) is 0 Å². The molecule has 0 aromatic heterocycles. The van der Waals surface area contributed by atoms with Crippen molar-refractivity contribution >= 4 is 10.8 Å².